The van der Waals surface area contributed by atoms with Gasteiger partial charge in [-0.05, 0) is 37.8 Å². The average Bonchev–Trinajstić information content (AvgIpc) is 2.46. The Bertz CT molecular complexity index is 261. The highest BCUT2D eigenvalue weighted by Crippen LogP contribution is 2.25. The highest BCUT2D eigenvalue weighted by atomic mass is 32.2. The van der Waals surface area contributed by atoms with Crippen molar-refractivity contribution in [3.63, 3.8) is 0 Å². The van der Waals surface area contributed by atoms with Gasteiger partial charge in [-0.15, -0.1) is 0 Å². The van der Waals surface area contributed by atoms with Crippen molar-refractivity contribution in [2.75, 3.05) is 24.6 Å². The van der Waals surface area contributed by atoms with E-state index in [2.05, 4.69) is 19.2 Å². The zero-order valence-corrected chi connectivity index (χ0v) is 9.94. The molecule has 3 nitrogen and oxygen atoms in total. The minimum Gasteiger partial charge on any atom is -0.316 e. The van der Waals surface area contributed by atoms with Gasteiger partial charge in [0.15, 0.2) is 9.84 Å². The molecule has 0 aliphatic carbocycles. The lowest BCUT2D eigenvalue weighted by molar-refractivity contribution is 0.374. The van der Waals surface area contributed by atoms with E-state index in [1.54, 1.807) is 0 Å². The average molecular weight is 219 g/mol. The molecule has 1 fully saturated rings. The monoisotopic (exact) mass is 219 g/mol. The summed E-state index contributed by atoms with van der Waals surface area (Å²) in [5.41, 5.74) is 0. The van der Waals surface area contributed by atoms with Crippen LogP contribution in [0.3, 0.4) is 0 Å². The SMILES string of the molecule is CCCNCC(C)C1CCS(=O)(=O)C1. The second-order valence-corrected chi connectivity index (χ2v) is 6.57. The van der Waals surface area contributed by atoms with Crippen LogP contribution < -0.4 is 5.32 Å². The molecule has 0 aromatic rings. The second-order valence-electron chi connectivity index (χ2n) is 4.34. The Morgan fingerprint density at radius 1 is 1.50 bits per heavy atom. The van der Waals surface area contributed by atoms with Gasteiger partial charge in [-0.3, -0.25) is 0 Å². The Morgan fingerprint density at radius 3 is 2.71 bits per heavy atom. The summed E-state index contributed by atoms with van der Waals surface area (Å²) in [4.78, 5) is 0. The number of nitrogens with one attached hydrogen (secondary N) is 1. The minimum atomic E-state index is -2.70. The molecule has 0 amide bonds. The Morgan fingerprint density at radius 2 is 2.21 bits per heavy atom. The molecule has 1 N–H and O–H groups in total. The summed E-state index contributed by atoms with van der Waals surface area (Å²) in [6.45, 7) is 6.27. The second kappa shape index (κ2) is 5.12. The van der Waals surface area contributed by atoms with Crippen molar-refractivity contribution in [2.24, 2.45) is 11.8 Å². The summed E-state index contributed by atoms with van der Waals surface area (Å²) in [7, 11) is -2.70. The first-order valence-corrected chi connectivity index (χ1v) is 7.28. The van der Waals surface area contributed by atoms with E-state index in [1.165, 1.54) is 0 Å². The van der Waals surface area contributed by atoms with Crippen LogP contribution >= 0.6 is 0 Å². The molecule has 0 aromatic carbocycles. The van der Waals surface area contributed by atoms with Crippen LogP contribution in [0.1, 0.15) is 26.7 Å². The predicted octanol–water partition coefficient (Wildman–Crippen LogP) is 1.06. The first-order valence-electron chi connectivity index (χ1n) is 5.46. The van der Waals surface area contributed by atoms with Gasteiger partial charge in [-0.25, -0.2) is 8.42 Å². The van der Waals surface area contributed by atoms with Crippen molar-refractivity contribution >= 4 is 9.84 Å². The van der Waals surface area contributed by atoms with E-state index in [-0.39, 0.29) is 0 Å². The third-order valence-electron chi connectivity index (χ3n) is 2.97. The number of sulfone groups is 1. The van der Waals surface area contributed by atoms with Crippen LogP contribution in [0.15, 0.2) is 0 Å². The minimum absolute atomic E-state index is 0.379. The Kier molecular flexibility index (Phi) is 4.38. The standard InChI is InChI=1S/C10H21NO2S/c1-3-5-11-7-9(2)10-4-6-14(12,13)8-10/h9-11H,3-8H2,1-2H3. The van der Waals surface area contributed by atoms with Gasteiger partial charge in [0, 0.05) is 0 Å². The fraction of sp³-hybridized carbons (Fsp3) is 1.00. The van der Waals surface area contributed by atoms with Crippen LogP contribution in [0.4, 0.5) is 0 Å². The molecule has 1 heterocycles. The van der Waals surface area contributed by atoms with Crippen LogP contribution in [0.5, 0.6) is 0 Å². The molecule has 0 saturated carbocycles. The summed E-state index contributed by atoms with van der Waals surface area (Å²) in [6.07, 6.45) is 1.99. The van der Waals surface area contributed by atoms with Crippen molar-refractivity contribution in [1.29, 1.82) is 0 Å². The zero-order valence-electron chi connectivity index (χ0n) is 9.12. The summed E-state index contributed by atoms with van der Waals surface area (Å²) in [5.74, 6) is 1.67. The highest BCUT2D eigenvalue weighted by molar-refractivity contribution is 7.91. The van der Waals surface area contributed by atoms with E-state index < -0.39 is 9.84 Å². The summed E-state index contributed by atoms with van der Waals surface area (Å²) >= 11 is 0. The maximum absolute atomic E-state index is 11.3. The van der Waals surface area contributed by atoms with E-state index in [9.17, 15) is 8.42 Å². The number of hydrogen-bond donors (Lipinski definition) is 1. The molecule has 0 bridgehead atoms. The van der Waals surface area contributed by atoms with Crippen molar-refractivity contribution in [3.05, 3.63) is 0 Å². The number of hydrogen-bond acceptors (Lipinski definition) is 3. The molecule has 2 atom stereocenters. The molecule has 1 aliphatic heterocycles. The molecule has 1 aliphatic rings. The molecule has 4 heteroatoms. The molecule has 0 spiro atoms. The van der Waals surface area contributed by atoms with Gasteiger partial charge in [0.25, 0.3) is 0 Å². The van der Waals surface area contributed by atoms with Crippen LogP contribution in [0.25, 0.3) is 0 Å². The molecule has 1 saturated heterocycles. The fourth-order valence-corrected chi connectivity index (χ4v) is 3.92. The first kappa shape index (κ1) is 12.0. The van der Waals surface area contributed by atoms with Gasteiger partial charge in [0.2, 0.25) is 0 Å². The smallest absolute Gasteiger partial charge is 0.150 e. The maximum atomic E-state index is 11.3. The molecular formula is C10H21NO2S. The molecule has 14 heavy (non-hydrogen) atoms. The maximum Gasteiger partial charge on any atom is 0.150 e. The van der Waals surface area contributed by atoms with E-state index in [0.717, 1.165) is 25.9 Å². The Hall–Kier alpha value is -0.0900. The Labute approximate surface area is 87.2 Å². The third-order valence-corrected chi connectivity index (χ3v) is 4.76. The molecular weight excluding hydrogens is 198 g/mol. The van der Waals surface area contributed by atoms with E-state index in [1.807, 2.05) is 0 Å². The number of rotatable bonds is 5. The van der Waals surface area contributed by atoms with Crippen LogP contribution in [0.2, 0.25) is 0 Å². The van der Waals surface area contributed by atoms with Gasteiger partial charge < -0.3 is 5.32 Å². The van der Waals surface area contributed by atoms with E-state index >= 15 is 0 Å². The van der Waals surface area contributed by atoms with Gasteiger partial charge in [-0.1, -0.05) is 13.8 Å². The van der Waals surface area contributed by atoms with Gasteiger partial charge in [-0.2, -0.15) is 0 Å². The van der Waals surface area contributed by atoms with Gasteiger partial charge in [0.1, 0.15) is 0 Å². The predicted molar refractivity (Wildman–Crippen MR) is 59.1 cm³/mol. The highest BCUT2D eigenvalue weighted by Gasteiger charge is 2.31. The van der Waals surface area contributed by atoms with Gasteiger partial charge >= 0.3 is 0 Å². The molecule has 0 aromatic heterocycles. The van der Waals surface area contributed by atoms with E-state index in [0.29, 0.717) is 23.3 Å². The Balaban J connectivity index is 2.29. The molecule has 2 unspecified atom stereocenters. The van der Waals surface area contributed by atoms with E-state index in [4.69, 9.17) is 0 Å². The van der Waals surface area contributed by atoms with Crippen molar-refractivity contribution < 1.29 is 8.42 Å². The summed E-state index contributed by atoms with van der Waals surface area (Å²) in [5, 5.41) is 3.34. The van der Waals surface area contributed by atoms with Crippen LogP contribution in [0, 0.1) is 11.8 Å². The lowest BCUT2D eigenvalue weighted by Crippen LogP contribution is -2.27. The summed E-state index contributed by atoms with van der Waals surface area (Å²) in [6, 6.07) is 0. The van der Waals surface area contributed by atoms with Crippen molar-refractivity contribution in [2.45, 2.75) is 26.7 Å². The van der Waals surface area contributed by atoms with Crippen LogP contribution in [-0.2, 0) is 9.84 Å². The normalized spacial score (nSPS) is 27.7. The zero-order chi connectivity index (χ0) is 10.6. The van der Waals surface area contributed by atoms with Crippen molar-refractivity contribution in [3.8, 4) is 0 Å². The lowest BCUT2D eigenvalue weighted by Gasteiger charge is -2.17. The van der Waals surface area contributed by atoms with Gasteiger partial charge in [0.05, 0.1) is 11.5 Å². The van der Waals surface area contributed by atoms with Crippen LogP contribution in [-0.4, -0.2) is 33.0 Å². The quantitative estimate of drug-likeness (QED) is 0.703. The molecule has 1 rings (SSSR count). The molecule has 0 radical (unpaired) electrons. The summed E-state index contributed by atoms with van der Waals surface area (Å²) < 4.78 is 22.5. The third kappa shape index (κ3) is 3.58. The largest absolute Gasteiger partial charge is 0.316 e. The first-order chi connectivity index (χ1) is 6.55. The fourth-order valence-electron chi connectivity index (χ4n) is 1.95. The molecule has 84 valence electrons. The topological polar surface area (TPSA) is 46.2 Å². The van der Waals surface area contributed by atoms with Crippen molar-refractivity contribution in [1.82, 2.24) is 5.32 Å². The lowest BCUT2D eigenvalue weighted by atomic mass is 9.94.